The van der Waals surface area contributed by atoms with Gasteiger partial charge in [0.2, 0.25) is 0 Å². The largest absolute Gasteiger partial charge is 0.316 e. The van der Waals surface area contributed by atoms with Crippen LogP contribution < -0.4 is 5.32 Å². The Morgan fingerprint density at radius 1 is 1.43 bits per heavy atom. The van der Waals surface area contributed by atoms with E-state index in [1.165, 1.54) is 8.61 Å². The van der Waals surface area contributed by atoms with Crippen molar-refractivity contribution in [3.05, 3.63) is 0 Å². The van der Waals surface area contributed by atoms with Gasteiger partial charge in [0.1, 0.15) is 0 Å². The third-order valence-electron chi connectivity index (χ3n) is 2.58. The zero-order valence-electron chi connectivity index (χ0n) is 9.02. The van der Waals surface area contributed by atoms with Gasteiger partial charge in [0.15, 0.2) is 0 Å². The van der Waals surface area contributed by atoms with Gasteiger partial charge in [-0.2, -0.15) is 17.0 Å². The van der Waals surface area contributed by atoms with Crippen molar-refractivity contribution < 1.29 is 8.42 Å². The fourth-order valence-corrected chi connectivity index (χ4v) is 2.81. The quantitative estimate of drug-likeness (QED) is 0.697. The predicted octanol–water partition coefficient (Wildman–Crippen LogP) is -0.523. The van der Waals surface area contributed by atoms with Gasteiger partial charge in [-0.05, 0) is 19.9 Å². The Labute approximate surface area is 86.3 Å². The number of piperidine rings is 1. The molecule has 84 valence electrons. The van der Waals surface area contributed by atoms with Gasteiger partial charge in [-0.3, -0.25) is 0 Å². The van der Waals surface area contributed by atoms with Crippen LogP contribution in [0.25, 0.3) is 0 Å². The Hall–Kier alpha value is -0.170. The molecule has 0 bridgehead atoms. The van der Waals surface area contributed by atoms with E-state index in [0.717, 1.165) is 12.8 Å². The summed E-state index contributed by atoms with van der Waals surface area (Å²) in [6.45, 7) is 1.22. The molecule has 0 aromatic heterocycles. The minimum absolute atomic E-state index is 0.290. The maximum absolute atomic E-state index is 11.8. The average Bonchev–Trinajstić information content (AvgIpc) is 2.17. The number of nitrogens with zero attached hydrogens (tertiary/aromatic N) is 2. The summed E-state index contributed by atoms with van der Waals surface area (Å²) in [5.74, 6) is 0. The van der Waals surface area contributed by atoms with Crippen molar-refractivity contribution in [1.29, 1.82) is 0 Å². The van der Waals surface area contributed by atoms with E-state index in [9.17, 15) is 8.42 Å². The molecule has 1 rings (SSSR count). The Morgan fingerprint density at radius 3 is 2.57 bits per heavy atom. The number of rotatable bonds is 3. The van der Waals surface area contributed by atoms with Crippen LogP contribution in [0, 0.1) is 0 Å². The van der Waals surface area contributed by atoms with E-state index in [1.807, 2.05) is 7.05 Å². The molecule has 0 spiro atoms. The highest BCUT2D eigenvalue weighted by Gasteiger charge is 2.29. The van der Waals surface area contributed by atoms with E-state index in [2.05, 4.69) is 5.32 Å². The molecule has 1 heterocycles. The first-order chi connectivity index (χ1) is 6.48. The predicted molar refractivity (Wildman–Crippen MR) is 56.3 cm³/mol. The van der Waals surface area contributed by atoms with Crippen LogP contribution in [0.15, 0.2) is 0 Å². The SMILES string of the molecule is CNC1CCCN(S(=O)(=O)N(C)C)C1. The molecule has 1 aliphatic heterocycles. The van der Waals surface area contributed by atoms with Crippen LogP contribution in [0.3, 0.4) is 0 Å². The van der Waals surface area contributed by atoms with E-state index < -0.39 is 10.2 Å². The molecule has 1 N–H and O–H groups in total. The van der Waals surface area contributed by atoms with Crippen molar-refractivity contribution in [3.8, 4) is 0 Å². The molecule has 1 atom stereocenters. The van der Waals surface area contributed by atoms with E-state index in [0.29, 0.717) is 19.1 Å². The zero-order chi connectivity index (χ0) is 10.8. The Morgan fingerprint density at radius 2 is 2.07 bits per heavy atom. The van der Waals surface area contributed by atoms with Crippen LogP contribution in [-0.4, -0.2) is 57.3 Å². The van der Waals surface area contributed by atoms with Gasteiger partial charge in [-0.15, -0.1) is 0 Å². The summed E-state index contributed by atoms with van der Waals surface area (Å²) < 4.78 is 26.4. The van der Waals surface area contributed by atoms with Crippen LogP contribution in [0.1, 0.15) is 12.8 Å². The van der Waals surface area contributed by atoms with Crippen molar-refractivity contribution in [2.45, 2.75) is 18.9 Å². The Bertz CT molecular complexity index is 276. The van der Waals surface area contributed by atoms with E-state index in [1.54, 1.807) is 14.1 Å². The molecule has 0 saturated carbocycles. The molecular weight excluding hydrogens is 202 g/mol. The van der Waals surface area contributed by atoms with Crippen LogP contribution in [0.5, 0.6) is 0 Å². The summed E-state index contributed by atoms with van der Waals surface area (Å²) >= 11 is 0. The van der Waals surface area contributed by atoms with Crippen molar-refractivity contribution >= 4 is 10.2 Å². The molecule has 0 aliphatic carbocycles. The maximum atomic E-state index is 11.8. The van der Waals surface area contributed by atoms with Gasteiger partial charge in [-0.1, -0.05) is 0 Å². The summed E-state index contributed by atoms with van der Waals surface area (Å²) in [4.78, 5) is 0. The third-order valence-corrected chi connectivity index (χ3v) is 4.49. The topological polar surface area (TPSA) is 52.7 Å². The van der Waals surface area contributed by atoms with Crippen LogP contribution >= 0.6 is 0 Å². The molecule has 1 aliphatic rings. The lowest BCUT2D eigenvalue weighted by Gasteiger charge is -2.33. The summed E-state index contributed by atoms with van der Waals surface area (Å²) in [6, 6.07) is 0.290. The zero-order valence-corrected chi connectivity index (χ0v) is 9.84. The monoisotopic (exact) mass is 221 g/mol. The Balaban J connectivity index is 2.69. The second-order valence-corrected chi connectivity index (χ2v) is 5.92. The van der Waals surface area contributed by atoms with Gasteiger partial charge >= 0.3 is 0 Å². The number of nitrogens with one attached hydrogen (secondary N) is 1. The number of likely N-dealkylation sites (N-methyl/N-ethyl adjacent to an activating group) is 1. The summed E-state index contributed by atoms with van der Waals surface area (Å²) in [6.07, 6.45) is 1.98. The van der Waals surface area contributed by atoms with Gasteiger partial charge in [0.25, 0.3) is 10.2 Å². The molecule has 1 saturated heterocycles. The molecular formula is C8H19N3O2S. The van der Waals surface area contributed by atoms with E-state index in [-0.39, 0.29) is 0 Å². The molecule has 1 fully saturated rings. The summed E-state index contributed by atoms with van der Waals surface area (Å²) in [7, 11) is 1.79. The standard InChI is InChI=1S/C8H19N3O2S/c1-9-8-5-4-6-11(7-8)14(12,13)10(2)3/h8-9H,4-7H2,1-3H3. The second-order valence-electron chi connectivity index (χ2n) is 3.78. The van der Waals surface area contributed by atoms with Gasteiger partial charge < -0.3 is 5.32 Å². The lowest BCUT2D eigenvalue weighted by atomic mass is 10.1. The van der Waals surface area contributed by atoms with Crippen molar-refractivity contribution in [2.75, 3.05) is 34.2 Å². The maximum Gasteiger partial charge on any atom is 0.281 e. The number of hydrogen-bond donors (Lipinski definition) is 1. The molecule has 6 heteroatoms. The minimum Gasteiger partial charge on any atom is -0.316 e. The molecule has 0 amide bonds. The molecule has 1 unspecified atom stereocenters. The van der Waals surface area contributed by atoms with E-state index in [4.69, 9.17) is 0 Å². The third kappa shape index (κ3) is 2.44. The number of hydrogen-bond acceptors (Lipinski definition) is 3. The first-order valence-corrected chi connectivity index (χ1v) is 6.23. The van der Waals surface area contributed by atoms with Crippen LogP contribution in [-0.2, 0) is 10.2 Å². The lowest BCUT2D eigenvalue weighted by molar-refractivity contribution is 0.279. The van der Waals surface area contributed by atoms with Gasteiger partial charge in [0, 0.05) is 33.2 Å². The summed E-state index contributed by atoms with van der Waals surface area (Å²) in [5.41, 5.74) is 0. The van der Waals surface area contributed by atoms with Crippen molar-refractivity contribution in [2.24, 2.45) is 0 Å². The molecule has 0 radical (unpaired) electrons. The first-order valence-electron chi connectivity index (χ1n) is 4.83. The highest BCUT2D eigenvalue weighted by molar-refractivity contribution is 7.86. The van der Waals surface area contributed by atoms with E-state index >= 15 is 0 Å². The normalized spacial score (nSPS) is 25.6. The fraction of sp³-hybridized carbons (Fsp3) is 1.00. The van der Waals surface area contributed by atoms with Crippen molar-refractivity contribution in [3.63, 3.8) is 0 Å². The van der Waals surface area contributed by atoms with Crippen molar-refractivity contribution in [1.82, 2.24) is 13.9 Å². The highest BCUT2D eigenvalue weighted by atomic mass is 32.2. The first kappa shape index (κ1) is 11.9. The highest BCUT2D eigenvalue weighted by Crippen LogP contribution is 2.14. The molecule has 0 aromatic rings. The lowest BCUT2D eigenvalue weighted by Crippen LogP contribution is -2.50. The smallest absolute Gasteiger partial charge is 0.281 e. The minimum atomic E-state index is -3.22. The van der Waals surface area contributed by atoms with Gasteiger partial charge in [0.05, 0.1) is 0 Å². The summed E-state index contributed by atoms with van der Waals surface area (Å²) in [5, 5.41) is 3.12. The Kier molecular flexibility index (Phi) is 3.88. The molecule has 0 aromatic carbocycles. The molecule has 14 heavy (non-hydrogen) atoms. The average molecular weight is 221 g/mol. The fourth-order valence-electron chi connectivity index (χ4n) is 1.62. The van der Waals surface area contributed by atoms with Crippen LogP contribution in [0.4, 0.5) is 0 Å². The second kappa shape index (κ2) is 4.57. The van der Waals surface area contributed by atoms with Crippen LogP contribution in [0.2, 0.25) is 0 Å². The molecule has 5 nitrogen and oxygen atoms in total. The van der Waals surface area contributed by atoms with Gasteiger partial charge in [-0.25, -0.2) is 0 Å².